The van der Waals surface area contributed by atoms with Crippen LogP contribution in [0.4, 0.5) is 0 Å². The van der Waals surface area contributed by atoms with Crippen molar-refractivity contribution in [2.75, 3.05) is 14.2 Å². The zero-order chi connectivity index (χ0) is 13.7. The van der Waals surface area contributed by atoms with Crippen molar-refractivity contribution < 1.29 is 9.47 Å². The van der Waals surface area contributed by atoms with Crippen LogP contribution in [0, 0.1) is 0 Å². The summed E-state index contributed by atoms with van der Waals surface area (Å²) in [7, 11) is 3.27. The van der Waals surface area contributed by atoms with E-state index < -0.39 is 0 Å². The van der Waals surface area contributed by atoms with E-state index in [9.17, 15) is 0 Å². The van der Waals surface area contributed by atoms with Gasteiger partial charge in [-0.1, -0.05) is 52.3 Å². The van der Waals surface area contributed by atoms with Gasteiger partial charge in [-0.3, -0.25) is 0 Å². The summed E-state index contributed by atoms with van der Waals surface area (Å²) in [6.07, 6.45) is 2.05. The second kappa shape index (κ2) is 6.43. The molecule has 0 aliphatic heterocycles. The number of methoxy groups -OCH3 is 2. The molecule has 0 N–H and O–H groups in total. The van der Waals surface area contributed by atoms with Crippen LogP contribution in [0.1, 0.15) is 11.1 Å². The highest BCUT2D eigenvalue weighted by Crippen LogP contribution is 2.30. The Morgan fingerprint density at radius 3 is 2.26 bits per heavy atom. The molecule has 0 unspecified atom stereocenters. The first-order valence-electron chi connectivity index (χ1n) is 5.89. The number of hydrogen-bond donors (Lipinski definition) is 0. The Labute approximate surface area is 121 Å². The van der Waals surface area contributed by atoms with Crippen molar-refractivity contribution >= 4 is 26.5 Å². The van der Waals surface area contributed by atoms with Gasteiger partial charge in [-0.25, -0.2) is 0 Å². The van der Waals surface area contributed by atoms with E-state index >= 15 is 0 Å². The maximum Gasteiger partial charge on any atom is 0.161 e. The highest BCUT2D eigenvalue weighted by atomic mass is 79.9. The minimum absolute atomic E-state index is 0.726. The second-order valence-corrected chi connectivity index (χ2v) is 4.83. The van der Waals surface area contributed by atoms with Crippen LogP contribution in [-0.2, 0) is 0 Å². The predicted octanol–water partition coefficient (Wildman–Crippen LogP) is 4.60. The Kier molecular flexibility index (Phi) is 4.63. The fourth-order valence-corrected chi connectivity index (χ4v) is 2.30. The van der Waals surface area contributed by atoms with Gasteiger partial charge in [0.05, 0.1) is 14.2 Å². The maximum absolute atomic E-state index is 5.29. The minimum Gasteiger partial charge on any atom is -0.493 e. The van der Waals surface area contributed by atoms with Gasteiger partial charge in [0, 0.05) is 4.48 Å². The van der Waals surface area contributed by atoms with E-state index in [1.54, 1.807) is 14.2 Å². The first-order valence-corrected chi connectivity index (χ1v) is 6.68. The summed E-state index contributed by atoms with van der Waals surface area (Å²) in [6.45, 7) is 0. The Morgan fingerprint density at radius 2 is 1.63 bits per heavy atom. The summed E-state index contributed by atoms with van der Waals surface area (Å²) in [6, 6.07) is 16.0. The lowest BCUT2D eigenvalue weighted by Gasteiger charge is -2.08. The third kappa shape index (κ3) is 3.38. The molecule has 0 amide bonds. The molecule has 2 rings (SSSR count). The standard InChI is InChI=1S/C16H15BrO2/c1-18-15-9-8-12(11-16(15)19-2)10-14(17)13-6-4-3-5-7-13/h3-11H,1-2H3. The SMILES string of the molecule is COc1ccc(C=C(Br)c2ccccc2)cc1OC. The van der Waals surface area contributed by atoms with Crippen molar-refractivity contribution in [3.8, 4) is 11.5 Å². The van der Waals surface area contributed by atoms with E-state index in [2.05, 4.69) is 34.1 Å². The van der Waals surface area contributed by atoms with Crippen LogP contribution in [0.25, 0.3) is 10.6 Å². The monoisotopic (exact) mass is 318 g/mol. The highest BCUT2D eigenvalue weighted by Gasteiger charge is 2.04. The molecule has 98 valence electrons. The van der Waals surface area contributed by atoms with Gasteiger partial charge in [0.1, 0.15) is 0 Å². The van der Waals surface area contributed by atoms with Gasteiger partial charge in [0.15, 0.2) is 11.5 Å². The van der Waals surface area contributed by atoms with Gasteiger partial charge < -0.3 is 9.47 Å². The minimum atomic E-state index is 0.726. The average Bonchev–Trinajstić information content (AvgIpc) is 2.48. The van der Waals surface area contributed by atoms with Gasteiger partial charge in [0.2, 0.25) is 0 Å². The molecule has 2 nitrogen and oxygen atoms in total. The van der Waals surface area contributed by atoms with Crippen molar-refractivity contribution in [2.45, 2.75) is 0 Å². The molecule has 0 saturated carbocycles. The molecule has 2 aromatic rings. The van der Waals surface area contributed by atoms with Crippen LogP contribution in [0.5, 0.6) is 11.5 Å². The van der Waals surface area contributed by atoms with Crippen LogP contribution < -0.4 is 9.47 Å². The normalized spacial score (nSPS) is 11.2. The summed E-state index contributed by atoms with van der Waals surface area (Å²) in [5.41, 5.74) is 2.19. The second-order valence-electron chi connectivity index (χ2n) is 3.97. The number of rotatable bonds is 4. The molecule has 0 fully saturated rings. The molecule has 0 saturated heterocycles. The third-order valence-corrected chi connectivity index (χ3v) is 3.44. The molecular formula is C16H15BrO2. The summed E-state index contributed by atoms with van der Waals surface area (Å²) < 4.78 is 11.5. The fraction of sp³-hybridized carbons (Fsp3) is 0.125. The molecule has 0 heterocycles. The van der Waals surface area contributed by atoms with Crippen molar-refractivity contribution in [1.29, 1.82) is 0 Å². The van der Waals surface area contributed by atoms with E-state index in [4.69, 9.17) is 9.47 Å². The number of benzene rings is 2. The molecule has 0 aliphatic carbocycles. The number of ether oxygens (including phenoxy) is 2. The van der Waals surface area contributed by atoms with Gasteiger partial charge in [0.25, 0.3) is 0 Å². The van der Waals surface area contributed by atoms with Gasteiger partial charge in [-0.2, -0.15) is 0 Å². The van der Waals surface area contributed by atoms with Crippen LogP contribution in [-0.4, -0.2) is 14.2 Å². The Balaban J connectivity index is 2.33. The summed E-state index contributed by atoms with van der Waals surface area (Å²) in [5, 5.41) is 0. The van der Waals surface area contributed by atoms with Gasteiger partial charge in [-0.15, -0.1) is 0 Å². The zero-order valence-corrected chi connectivity index (χ0v) is 12.5. The first kappa shape index (κ1) is 13.7. The molecule has 0 aromatic heterocycles. The first-order chi connectivity index (χ1) is 9.24. The van der Waals surface area contributed by atoms with Crippen LogP contribution in [0.2, 0.25) is 0 Å². The number of hydrogen-bond acceptors (Lipinski definition) is 2. The van der Waals surface area contributed by atoms with E-state index in [0.717, 1.165) is 27.1 Å². The summed E-state index contributed by atoms with van der Waals surface area (Å²) >= 11 is 3.59. The molecule has 0 bridgehead atoms. The Bertz CT molecular complexity index is 577. The quantitative estimate of drug-likeness (QED) is 0.767. The van der Waals surface area contributed by atoms with Crippen LogP contribution >= 0.6 is 15.9 Å². The molecule has 0 aliphatic rings. The van der Waals surface area contributed by atoms with E-state index in [0.29, 0.717) is 0 Å². The molecule has 3 heteroatoms. The lowest BCUT2D eigenvalue weighted by molar-refractivity contribution is 0.355. The Hall–Kier alpha value is -1.74. The van der Waals surface area contributed by atoms with E-state index in [1.807, 2.05) is 36.4 Å². The Morgan fingerprint density at radius 1 is 0.947 bits per heavy atom. The summed E-state index contributed by atoms with van der Waals surface area (Å²) in [4.78, 5) is 0. The fourth-order valence-electron chi connectivity index (χ4n) is 1.77. The smallest absolute Gasteiger partial charge is 0.161 e. The van der Waals surface area contributed by atoms with Gasteiger partial charge >= 0.3 is 0 Å². The average molecular weight is 319 g/mol. The molecule has 2 aromatic carbocycles. The molecule has 0 radical (unpaired) electrons. The maximum atomic E-state index is 5.29. The molecular weight excluding hydrogens is 304 g/mol. The van der Waals surface area contributed by atoms with Gasteiger partial charge in [-0.05, 0) is 29.3 Å². The topological polar surface area (TPSA) is 18.5 Å². The van der Waals surface area contributed by atoms with Crippen molar-refractivity contribution in [3.63, 3.8) is 0 Å². The van der Waals surface area contributed by atoms with Crippen molar-refractivity contribution in [3.05, 3.63) is 59.7 Å². The van der Waals surface area contributed by atoms with E-state index in [-0.39, 0.29) is 0 Å². The predicted molar refractivity (Wildman–Crippen MR) is 82.8 cm³/mol. The molecule has 0 spiro atoms. The summed E-state index contributed by atoms with van der Waals surface area (Å²) in [5.74, 6) is 1.46. The molecule has 19 heavy (non-hydrogen) atoms. The number of halogens is 1. The largest absolute Gasteiger partial charge is 0.493 e. The highest BCUT2D eigenvalue weighted by molar-refractivity contribution is 9.15. The third-order valence-electron chi connectivity index (χ3n) is 2.75. The van der Waals surface area contributed by atoms with Crippen molar-refractivity contribution in [2.24, 2.45) is 0 Å². The zero-order valence-electron chi connectivity index (χ0n) is 10.9. The van der Waals surface area contributed by atoms with Crippen LogP contribution in [0.3, 0.4) is 0 Å². The van der Waals surface area contributed by atoms with E-state index in [1.165, 1.54) is 0 Å². The van der Waals surface area contributed by atoms with Crippen molar-refractivity contribution in [1.82, 2.24) is 0 Å². The van der Waals surface area contributed by atoms with Crippen LogP contribution in [0.15, 0.2) is 48.5 Å². The lowest BCUT2D eigenvalue weighted by Crippen LogP contribution is -1.90. The molecule has 0 atom stereocenters. The lowest BCUT2D eigenvalue weighted by atomic mass is 10.1.